The van der Waals surface area contributed by atoms with Gasteiger partial charge in [-0.05, 0) is 12.3 Å². The quantitative estimate of drug-likeness (QED) is 0.801. The number of carbonyl (C=O) groups is 1. The van der Waals surface area contributed by atoms with Gasteiger partial charge in [0.1, 0.15) is 0 Å². The van der Waals surface area contributed by atoms with Gasteiger partial charge >= 0.3 is 12.1 Å². The van der Waals surface area contributed by atoms with Crippen molar-refractivity contribution in [2.24, 2.45) is 5.92 Å². The highest BCUT2D eigenvalue weighted by molar-refractivity contribution is 5.81. The predicted octanol–water partition coefficient (Wildman–Crippen LogP) is 0.581. The lowest BCUT2D eigenvalue weighted by Crippen LogP contribution is -2.39. The first-order valence-corrected chi connectivity index (χ1v) is 7.11. The summed E-state index contributed by atoms with van der Waals surface area (Å²) in [6.45, 7) is 0.856. The Morgan fingerprint density at radius 3 is 2.42 bits per heavy atom. The van der Waals surface area contributed by atoms with E-state index >= 15 is 0 Å². The van der Waals surface area contributed by atoms with Crippen molar-refractivity contribution in [2.45, 2.75) is 12.6 Å². The molecule has 11 heteroatoms. The summed E-state index contributed by atoms with van der Waals surface area (Å²) in [6, 6.07) is 0. The standard InChI is InChI=1S/C13H18F3N5O3/c1-23-9-8(17)10(24-2)20-12(19-9)21-4-3-7(6-21)5-18-11(22)13(14,15)16/h7H,3-6,17H2,1-2H3,(H,18,22). The molecule has 1 atom stereocenters. The zero-order valence-electron chi connectivity index (χ0n) is 13.2. The van der Waals surface area contributed by atoms with Crippen molar-refractivity contribution < 1.29 is 27.4 Å². The molecule has 1 saturated heterocycles. The van der Waals surface area contributed by atoms with Crippen LogP contribution in [0.5, 0.6) is 11.8 Å². The molecule has 1 aromatic rings. The lowest BCUT2D eigenvalue weighted by Gasteiger charge is -2.19. The topological polar surface area (TPSA) is 103 Å². The fourth-order valence-corrected chi connectivity index (χ4v) is 2.39. The van der Waals surface area contributed by atoms with Gasteiger partial charge in [0.2, 0.25) is 17.7 Å². The molecule has 0 radical (unpaired) electrons. The Hall–Kier alpha value is -2.46. The van der Waals surface area contributed by atoms with Crippen LogP contribution in [0.25, 0.3) is 0 Å². The average Bonchev–Trinajstić information content (AvgIpc) is 3.00. The maximum Gasteiger partial charge on any atom is 0.471 e. The zero-order valence-corrected chi connectivity index (χ0v) is 13.2. The molecule has 0 aliphatic carbocycles. The second kappa shape index (κ2) is 6.97. The fraction of sp³-hybridized carbons (Fsp3) is 0.615. The molecular formula is C13H18F3N5O3. The number of amides is 1. The van der Waals surface area contributed by atoms with Crippen LogP contribution in [-0.2, 0) is 4.79 Å². The second-order valence-electron chi connectivity index (χ2n) is 5.26. The van der Waals surface area contributed by atoms with E-state index in [-0.39, 0.29) is 29.9 Å². The van der Waals surface area contributed by atoms with Gasteiger partial charge in [-0.15, -0.1) is 0 Å². The molecular weight excluding hydrogens is 331 g/mol. The van der Waals surface area contributed by atoms with Crippen molar-refractivity contribution in [3.63, 3.8) is 0 Å². The molecule has 0 spiro atoms. The van der Waals surface area contributed by atoms with E-state index in [1.807, 2.05) is 5.32 Å². The average molecular weight is 349 g/mol. The van der Waals surface area contributed by atoms with Crippen LogP contribution in [0.1, 0.15) is 6.42 Å². The highest BCUT2D eigenvalue weighted by Gasteiger charge is 2.39. The minimum Gasteiger partial charge on any atom is -0.479 e. The van der Waals surface area contributed by atoms with Crippen LogP contribution in [0.2, 0.25) is 0 Å². The van der Waals surface area contributed by atoms with E-state index in [0.29, 0.717) is 25.5 Å². The summed E-state index contributed by atoms with van der Waals surface area (Å²) >= 11 is 0. The Balaban J connectivity index is 2.02. The van der Waals surface area contributed by atoms with Crippen LogP contribution in [0.3, 0.4) is 0 Å². The first kappa shape index (κ1) is 17.9. The van der Waals surface area contributed by atoms with Gasteiger partial charge in [0.05, 0.1) is 14.2 Å². The molecule has 0 aromatic carbocycles. The molecule has 3 N–H and O–H groups in total. The monoisotopic (exact) mass is 349 g/mol. The van der Waals surface area contributed by atoms with Gasteiger partial charge in [-0.2, -0.15) is 23.1 Å². The molecule has 0 bridgehead atoms. The number of nitrogens with one attached hydrogen (secondary N) is 1. The number of ether oxygens (including phenoxy) is 2. The van der Waals surface area contributed by atoms with Crippen LogP contribution in [-0.4, -0.2) is 55.9 Å². The number of alkyl halides is 3. The number of hydrogen-bond donors (Lipinski definition) is 2. The van der Waals surface area contributed by atoms with Crippen molar-refractivity contribution in [2.75, 3.05) is 44.5 Å². The number of halogens is 3. The van der Waals surface area contributed by atoms with E-state index < -0.39 is 12.1 Å². The summed E-state index contributed by atoms with van der Waals surface area (Å²) in [4.78, 5) is 21.0. The molecule has 24 heavy (non-hydrogen) atoms. The summed E-state index contributed by atoms with van der Waals surface area (Å²) in [5.74, 6) is -1.46. The molecule has 1 amide bonds. The first-order valence-electron chi connectivity index (χ1n) is 7.11. The van der Waals surface area contributed by atoms with Gasteiger partial charge in [0.25, 0.3) is 0 Å². The van der Waals surface area contributed by atoms with Crippen molar-refractivity contribution in [1.82, 2.24) is 15.3 Å². The molecule has 1 fully saturated rings. The van der Waals surface area contributed by atoms with E-state index in [1.165, 1.54) is 14.2 Å². The van der Waals surface area contributed by atoms with Crippen LogP contribution in [0.15, 0.2) is 0 Å². The molecule has 1 aliphatic rings. The van der Waals surface area contributed by atoms with Crippen LogP contribution >= 0.6 is 0 Å². The van der Waals surface area contributed by atoms with Crippen LogP contribution in [0, 0.1) is 5.92 Å². The Labute approximate surface area is 136 Å². The predicted molar refractivity (Wildman–Crippen MR) is 78.9 cm³/mol. The lowest BCUT2D eigenvalue weighted by molar-refractivity contribution is -0.173. The Bertz CT molecular complexity index is 586. The minimum atomic E-state index is -4.88. The fourth-order valence-electron chi connectivity index (χ4n) is 2.39. The second-order valence-corrected chi connectivity index (χ2v) is 5.26. The first-order chi connectivity index (χ1) is 11.3. The van der Waals surface area contributed by atoms with E-state index in [9.17, 15) is 18.0 Å². The molecule has 1 unspecified atom stereocenters. The number of anilines is 2. The summed E-state index contributed by atoms with van der Waals surface area (Å²) in [5.41, 5.74) is 5.94. The number of rotatable bonds is 5. The Morgan fingerprint density at radius 2 is 1.92 bits per heavy atom. The number of methoxy groups -OCH3 is 2. The maximum absolute atomic E-state index is 12.2. The normalized spacial score (nSPS) is 17.7. The maximum atomic E-state index is 12.2. The summed E-state index contributed by atoms with van der Waals surface area (Å²) in [7, 11) is 2.81. The number of carbonyl (C=O) groups excluding carboxylic acids is 1. The smallest absolute Gasteiger partial charge is 0.471 e. The SMILES string of the molecule is COc1nc(N2CCC(CNC(=O)C(F)(F)F)C2)nc(OC)c1N. The van der Waals surface area contributed by atoms with Gasteiger partial charge in [-0.25, -0.2) is 0 Å². The molecule has 1 aliphatic heterocycles. The van der Waals surface area contributed by atoms with E-state index in [2.05, 4.69) is 9.97 Å². The van der Waals surface area contributed by atoms with E-state index in [1.54, 1.807) is 4.90 Å². The van der Waals surface area contributed by atoms with Gasteiger partial charge in [0, 0.05) is 19.6 Å². The summed E-state index contributed by atoms with van der Waals surface area (Å²) in [5, 5.41) is 1.89. The highest BCUT2D eigenvalue weighted by atomic mass is 19.4. The number of nitrogen functional groups attached to an aromatic ring is 1. The third-order valence-electron chi connectivity index (χ3n) is 3.63. The van der Waals surface area contributed by atoms with Crippen molar-refractivity contribution in [1.29, 1.82) is 0 Å². The van der Waals surface area contributed by atoms with Crippen LogP contribution in [0.4, 0.5) is 24.8 Å². The number of hydrogen-bond acceptors (Lipinski definition) is 7. The molecule has 8 nitrogen and oxygen atoms in total. The summed E-state index contributed by atoms with van der Waals surface area (Å²) < 4.78 is 46.7. The third-order valence-corrected chi connectivity index (χ3v) is 3.63. The Morgan fingerprint density at radius 1 is 1.33 bits per heavy atom. The van der Waals surface area contributed by atoms with Gasteiger partial charge in [-0.1, -0.05) is 0 Å². The highest BCUT2D eigenvalue weighted by Crippen LogP contribution is 2.31. The van der Waals surface area contributed by atoms with Gasteiger partial charge in [0.15, 0.2) is 5.69 Å². The molecule has 2 heterocycles. The summed E-state index contributed by atoms with van der Waals surface area (Å²) in [6.07, 6.45) is -4.28. The van der Waals surface area contributed by atoms with E-state index in [0.717, 1.165) is 0 Å². The van der Waals surface area contributed by atoms with Gasteiger partial charge in [-0.3, -0.25) is 4.79 Å². The van der Waals surface area contributed by atoms with Crippen molar-refractivity contribution >= 4 is 17.5 Å². The van der Waals surface area contributed by atoms with E-state index in [4.69, 9.17) is 15.2 Å². The molecule has 134 valence electrons. The zero-order chi connectivity index (χ0) is 17.9. The number of nitrogens with zero attached hydrogens (tertiary/aromatic N) is 3. The van der Waals surface area contributed by atoms with Crippen LogP contribution < -0.4 is 25.4 Å². The Kier molecular flexibility index (Phi) is 5.20. The molecule has 1 aromatic heterocycles. The largest absolute Gasteiger partial charge is 0.479 e. The van der Waals surface area contributed by atoms with Gasteiger partial charge < -0.3 is 25.4 Å². The third kappa shape index (κ3) is 3.89. The minimum absolute atomic E-state index is 0.0713. The molecule has 2 rings (SSSR count). The molecule has 0 saturated carbocycles. The lowest BCUT2D eigenvalue weighted by atomic mass is 10.1. The van der Waals surface area contributed by atoms with Crippen molar-refractivity contribution in [3.8, 4) is 11.8 Å². The number of nitrogens with two attached hydrogens (primary N) is 1. The number of aromatic nitrogens is 2. The van der Waals surface area contributed by atoms with Crippen molar-refractivity contribution in [3.05, 3.63) is 0 Å².